The molecule has 3 N–H and O–H groups in total. The quantitative estimate of drug-likeness (QED) is 0.153. The lowest BCUT2D eigenvalue weighted by Gasteiger charge is -2.25. The van der Waals surface area contributed by atoms with Crippen molar-refractivity contribution in [3.63, 3.8) is 0 Å². The van der Waals surface area contributed by atoms with Gasteiger partial charge in [-0.15, -0.1) is 0 Å². The number of carboxylic acid groups (broad SMARTS) is 1. The lowest BCUT2D eigenvalue weighted by molar-refractivity contribution is -0.148. The lowest BCUT2D eigenvalue weighted by atomic mass is 9.87. The first-order chi connectivity index (χ1) is 18.4. The van der Waals surface area contributed by atoms with Crippen molar-refractivity contribution in [2.45, 2.75) is 91.7 Å². The summed E-state index contributed by atoms with van der Waals surface area (Å²) in [5.41, 5.74) is 6.37. The van der Waals surface area contributed by atoms with Gasteiger partial charge in [0.25, 0.3) is 0 Å². The van der Waals surface area contributed by atoms with Gasteiger partial charge in [-0.25, -0.2) is 9.59 Å². The minimum atomic E-state index is -1.37. The standard InChI is InChI=1S/C28H43NO10/c1-7-10-24(30)37-19(6)13-21(25(29)26(31)32)20-11-12-22(38-27(33)35-15-17(4)8-2)23(14-20)39-28(34)36-16-18(5)9-3/h11-12,14,17-19,21,25H,7-10,13,15-16,29H2,1-6H3,(H,31,32)/t17?,18?,19?,21?,25-/m0/s1. The van der Waals surface area contributed by atoms with Crippen LogP contribution in [0.4, 0.5) is 9.59 Å². The third-order valence-corrected chi connectivity index (χ3v) is 6.24. The zero-order chi connectivity index (χ0) is 29.5. The van der Waals surface area contributed by atoms with E-state index in [0.717, 1.165) is 12.8 Å². The maximum atomic E-state index is 12.4. The minimum absolute atomic E-state index is 0.0813. The molecular formula is C28H43NO10. The Morgan fingerprint density at radius 1 is 0.872 bits per heavy atom. The summed E-state index contributed by atoms with van der Waals surface area (Å²) in [6.45, 7) is 11.5. The molecule has 39 heavy (non-hydrogen) atoms. The van der Waals surface area contributed by atoms with E-state index in [9.17, 15) is 24.3 Å². The molecule has 0 aliphatic carbocycles. The maximum Gasteiger partial charge on any atom is 0.513 e. The van der Waals surface area contributed by atoms with Crippen molar-refractivity contribution in [1.82, 2.24) is 0 Å². The molecule has 1 rings (SSSR count). The number of hydrogen-bond donors (Lipinski definition) is 2. The molecule has 0 saturated carbocycles. The van der Waals surface area contributed by atoms with Crippen LogP contribution in [0.15, 0.2) is 18.2 Å². The van der Waals surface area contributed by atoms with Crippen LogP contribution in [-0.4, -0.2) is 54.7 Å². The summed E-state index contributed by atoms with van der Waals surface area (Å²) in [4.78, 5) is 48.4. The summed E-state index contributed by atoms with van der Waals surface area (Å²) in [5, 5.41) is 9.63. The van der Waals surface area contributed by atoms with Gasteiger partial charge in [0.05, 0.1) is 19.3 Å². The number of carboxylic acids is 1. The first-order valence-electron chi connectivity index (χ1n) is 13.4. The summed E-state index contributed by atoms with van der Waals surface area (Å²) in [6.07, 6.45) is -0.143. The molecule has 0 aliphatic heterocycles. The number of hydrogen-bond acceptors (Lipinski definition) is 10. The highest BCUT2D eigenvalue weighted by Crippen LogP contribution is 2.35. The van der Waals surface area contributed by atoms with Crippen LogP contribution >= 0.6 is 0 Å². The van der Waals surface area contributed by atoms with E-state index < -0.39 is 42.3 Å². The fraction of sp³-hybridized carbons (Fsp3) is 0.643. The number of aliphatic carboxylic acids is 1. The second-order valence-corrected chi connectivity index (χ2v) is 9.82. The number of nitrogens with two attached hydrogens (primary N) is 1. The van der Waals surface area contributed by atoms with Gasteiger partial charge >= 0.3 is 24.2 Å². The molecule has 1 aromatic carbocycles. The van der Waals surface area contributed by atoms with Gasteiger partial charge in [-0.2, -0.15) is 0 Å². The first-order valence-corrected chi connectivity index (χ1v) is 13.4. The Kier molecular flexibility index (Phi) is 14.9. The fourth-order valence-electron chi connectivity index (χ4n) is 3.37. The topological polar surface area (TPSA) is 161 Å². The van der Waals surface area contributed by atoms with Gasteiger partial charge < -0.3 is 34.5 Å². The van der Waals surface area contributed by atoms with Crippen LogP contribution in [0.5, 0.6) is 11.5 Å². The van der Waals surface area contributed by atoms with E-state index in [2.05, 4.69) is 0 Å². The summed E-state index contributed by atoms with van der Waals surface area (Å²) in [5.74, 6) is -2.59. The van der Waals surface area contributed by atoms with E-state index >= 15 is 0 Å². The third-order valence-electron chi connectivity index (χ3n) is 6.24. The summed E-state index contributed by atoms with van der Waals surface area (Å²) < 4.78 is 26.3. The number of benzene rings is 1. The van der Waals surface area contributed by atoms with Crippen molar-refractivity contribution < 1.29 is 48.0 Å². The van der Waals surface area contributed by atoms with Gasteiger partial charge in [-0.3, -0.25) is 9.59 Å². The van der Waals surface area contributed by atoms with E-state index in [1.165, 1.54) is 18.2 Å². The Morgan fingerprint density at radius 3 is 1.90 bits per heavy atom. The Bertz CT molecular complexity index is 950. The largest absolute Gasteiger partial charge is 0.513 e. The Hall–Kier alpha value is -3.34. The van der Waals surface area contributed by atoms with Gasteiger partial charge in [-0.1, -0.05) is 53.5 Å². The monoisotopic (exact) mass is 553 g/mol. The molecule has 0 saturated heterocycles. The molecule has 1 aromatic rings. The second-order valence-electron chi connectivity index (χ2n) is 9.82. The Labute approximate surface area is 230 Å². The van der Waals surface area contributed by atoms with Gasteiger partial charge in [0.2, 0.25) is 0 Å². The lowest BCUT2D eigenvalue weighted by Crippen LogP contribution is -2.38. The number of carbonyl (C=O) groups excluding carboxylic acids is 3. The predicted molar refractivity (Wildman–Crippen MR) is 143 cm³/mol. The molecule has 0 aromatic heterocycles. The van der Waals surface area contributed by atoms with Gasteiger partial charge in [-0.05, 0) is 49.3 Å². The molecule has 4 unspecified atom stereocenters. The third kappa shape index (κ3) is 12.4. The van der Waals surface area contributed by atoms with E-state index in [-0.39, 0.29) is 49.4 Å². The molecule has 11 heteroatoms. The van der Waals surface area contributed by atoms with Crippen molar-refractivity contribution in [1.29, 1.82) is 0 Å². The molecular weight excluding hydrogens is 510 g/mol. The van der Waals surface area contributed by atoms with E-state index in [1.807, 2.05) is 34.6 Å². The normalized spacial score (nSPS) is 14.7. The number of esters is 1. The summed E-state index contributed by atoms with van der Waals surface area (Å²) in [6, 6.07) is 2.85. The molecule has 0 aliphatic rings. The van der Waals surface area contributed by atoms with E-state index in [0.29, 0.717) is 12.0 Å². The minimum Gasteiger partial charge on any atom is -0.480 e. The molecule has 11 nitrogen and oxygen atoms in total. The molecule has 0 fully saturated rings. The van der Waals surface area contributed by atoms with Gasteiger partial charge in [0.1, 0.15) is 6.04 Å². The molecule has 0 spiro atoms. The summed E-state index contributed by atoms with van der Waals surface area (Å²) in [7, 11) is 0. The average Bonchev–Trinajstić information content (AvgIpc) is 2.89. The van der Waals surface area contributed by atoms with Crippen LogP contribution in [0.1, 0.15) is 85.1 Å². The van der Waals surface area contributed by atoms with Crippen molar-refractivity contribution in [2.75, 3.05) is 13.2 Å². The van der Waals surface area contributed by atoms with Gasteiger partial charge in [0.15, 0.2) is 11.5 Å². The average molecular weight is 554 g/mol. The van der Waals surface area contributed by atoms with Crippen molar-refractivity contribution in [2.24, 2.45) is 17.6 Å². The highest BCUT2D eigenvalue weighted by atomic mass is 16.7. The van der Waals surface area contributed by atoms with Crippen LogP contribution in [0, 0.1) is 11.8 Å². The van der Waals surface area contributed by atoms with Crippen molar-refractivity contribution >= 4 is 24.2 Å². The molecule has 220 valence electrons. The Morgan fingerprint density at radius 2 is 1.41 bits per heavy atom. The first kappa shape index (κ1) is 33.7. The van der Waals surface area contributed by atoms with E-state index in [4.69, 9.17) is 29.4 Å². The van der Waals surface area contributed by atoms with Crippen LogP contribution in [0.25, 0.3) is 0 Å². The zero-order valence-corrected chi connectivity index (χ0v) is 23.8. The fourth-order valence-corrected chi connectivity index (χ4v) is 3.37. The van der Waals surface area contributed by atoms with Crippen molar-refractivity contribution in [3.8, 4) is 11.5 Å². The van der Waals surface area contributed by atoms with Crippen LogP contribution < -0.4 is 15.2 Å². The Balaban J connectivity index is 3.29. The highest BCUT2D eigenvalue weighted by molar-refractivity contribution is 5.75. The van der Waals surface area contributed by atoms with Gasteiger partial charge in [0, 0.05) is 12.3 Å². The maximum absolute atomic E-state index is 12.4. The van der Waals surface area contributed by atoms with Crippen LogP contribution in [0.2, 0.25) is 0 Å². The smallest absolute Gasteiger partial charge is 0.480 e. The van der Waals surface area contributed by atoms with Crippen LogP contribution in [0.3, 0.4) is 0 Å². The number of ether oxygens (including phenoxy) is 5. The molecule has 5 atom stereocenters. The van der Waals surface area contributed by atoms with Crippen molar-refractivity contribution in [3.05, 3.63) is 23.8 Å². The molecule has 0 radical (unpaired) electrons. The molecule has 0 heterocycles. The second kappa shape index (κ2) is 17.3. The molecule has 0 amide bonds. The zero-order valence-electron chi connectivity index (χ0n) is 23.8. The highest BCUT2D eigenvalue weighted by Gasteiger charge is 2.30. The summed E-state index contributed by atoms with van der Waals surface area (Å²) >= 11 is 0. The predicted octanol–water partition coefficient (Wildman–Crippen LogP) is 5.43. The number of carbonyl (C=O) groups is 4. The number of rotatable bonds is 16. The SMILES string of the molecule is CCCC(=O)OC(C)CC(c1ccc(OC(=O)OCC(C)CC)c(OC(=O)OCC(C)CC)c1)[C@H](N)C(=O)O. The van der Waals surface area contributed by atoms with E-state index in [1.54, 1.807) is 6.92 Å². The van der Waals surface area contributed by atoms with Crippen LogP contribution in [-0.2, 0) is 23.8 Å². The molecule has 0 bridgehead atoms.